The van der Waals surface area contributed by atoms with E-state index in [1.54, 1.807) is 0 Å². The minimum Gasteiger partial charge on any atom is -0.462 e. The number of ketones is 1. The summed E-state index contributed by atoms with van der Waals surface area (Å²) in [6.45, 7) is 6.81. The zero-order valence-corrected chi connectivity index (χ0v) is 11.9. The number of esters is 2. The molecule has 0 aromatic rings. The molecule has 2 fully saturated rings. The second kappa shape index (κ2) is 5.77. The van der Waals surface area contributed by atoms with Crippen LogP contribution in [0.25, 0.3) is 0 Å². The Bertz CT molecular complexity index is 453. The number of carbonyl (C=O) groups is 3. The maximum atomic E-state index is 11.9. The van der Waals surface area contributed by atoms with E-state index in [-0.39, 0.29) is 41.9 Å². The Kier molecular flexibility index (Phi) is 4.26. The minimum atomic E-state index is -0.551. The van der Waals surface area contributed by atoms with Gasteiger partial charge in [0.1, 0.15) is 12.7 Å². The molecular weight excluding hydrogens is 260 g/mol. The Labute approximate surface area is 118 Å². The van der Waals surface area contributed by atoms with Crippen LogP contribution in [0.5, 0.6) is 0 Å². The summed E-state index contributed by atoms with van der Waals surface area (Å²) in [5.74, 6) is -0.267. The van der Waals surface area contributed by atoms with Crippen LogP contribution in [-0.2, 0) is 23.9 Å². The SMILES string of the molecule is C=C(C)C(=O)OCC(=O)CC1C2CC(=O)OC1C(C)C2. The molecule has 1 heterocycles. The molecule has 4 atom stereocenters. The molecule has 0 spiro atoms. The van der Waals surface area contributed by atoms with E-state index in [2.05, 4.69) is 6.58 Å². The van der Waals surface area contributed by atoms with E-state index < -0.39 is 5.97 Å². The zero-order chi connectivity index (χ0) is 14.9. The number of Topliss-reactive ketones (excluding diaryl/α,β-unsaturated/α-hetero) is 1. The van der Waals surface area contributed by atoms with Crippen molar-refractivity contribution in [1.29, 1.82) is 0 Å². The normalized spacial score (nSPS) is 31.6. The van der Waals surface area contributed by atoms with Crippen molar-refractivity contribution < 1.29 is 23.9 Å². The lowest BCUT2D eigenvalue weighted by Crippen LogP contribution is -2.36. The fourth-order valence-corrected chi connectivity index (χ4v) is 3.20. The van der Waals surface area contributed by atoms with Gasteiger partial charge in [0.25, 0.3) is 0 Å². The lowest BCUT2D eigenvalue weighted by atomic mass is 9.86. The molecule has 1 saturated heterocycles. The van der Waals surface area contributed by atoms with Crippen LogP contribution in [0.2, 0.25) is 0 Å². The number of rotatable bonds is 5. The molecule has 2 aliphatic rings. The molecule has 2 rings (SSSR count). The van der Waals surface area contributed by atoms with Crippen LogP contribution in [0.15, 0.2) is 12.2 Å². The van der Waals surface area contributed by atoms with Crippen LogP contribution >= 0.6 is 0 Å². The van der Waals surface area contributed by atoms with E-state index in [1.165, 1.54) is 6.92 Å². The van der Waals surface area contributed by atoms with Gasteiger partial charge in [-0.1, -0.05) is 13.5 Å². The number of fused-ring (bicyclic) bond motifs is 2. The van der Waals surface area contributed by atoms with Crippen molar-refractivity contribution in [3.8, 4) is 0 Å². The molecule has 5 heteroatoms. The minimum absolute atomic E-state index is 0.0683. The highest BCUT2D eigenvalue weighted by atomic mass is 16.5. The molecule has 2 bridgehead atoms. The molecular formula is C15H20O5. The van der Waals surface area contributed by atoms with Gasteiger partial charge in [-0.2, -0.15) is 0 Å². The molecule has 20 heavy (non-hydrogen) atoms. The Morgan fingerprint density at radius 3 is 2.75 bits per heavy atom. The van der Waals surface area contributed by atoms with Gasteiger partial charge in [0, 0.05) is 24.3 Å². The molecule has 5 nitrogen and oxygen atoms in total. The summed E-state index contributed by atoms with van der Waals surface area (Å²) in [6, 6.07) is 0. The van der Waals surface area contributed by atoms with Crippen LogP contribution in [0.3, 0.4) is 0 Å². The highest BCUT2D eigenvalue weighted by Gasteiger charge is 2.48. The van der Waals surface area contributed by atoms with Gasteiger partial charge >= 0.3 is 11.9 Å². The van der Waals surface area contributed by atoms with Gasteiger partial charge in [-0.3, -0.25) is 9.59 Å². The van der Waals surface area contributed by atoms with Gasteiger partial charge in [-0.25, -0.2) is 4.79 Å². The number of carbonyl (C=O) groups excluding carboxylic acids is 3. The maximum absolute atomic E-state index is 11.9. The van der Waals surface area contributed by atoms with Gasteiger partial charge in [0.15, 0.2) is 5.78 Å². The van der Waals surface area contributed by atoms with Gasteiger partial charge in [-0.05, 0) is 25.2 Å². The first kappa shape index (κ1) is 14.8. The summed E-state index contributed by atoms with van der Waals surface area (Å²) in [7, 11) is 0. The molecule has 1 aliphatic heterocycles. The zero-order valence-electron chi connectivity index (χ0n) is 11.9. The summed E-state index contributed by atoms with van der Waals surface area (Å²) in [5.41, 5.74) is 0.276. The van der Waals surface area contributed by atoms with E-state index in [4.69, 9.17) is 9.47 Å². The Hall–Kier alpha value is -1.65. The molecule has 0 amide bonds. The molecule has 0 aromatic carbocycles. The molecule has 4 unspecified atom stereocenters. The van der Waals surface area contributed by atoms with Crippen LogP contribution in [-0.4, -0.2) is 30.4 Å². The van der Waals surface area contributed by atoms with Crippen LogP contribution in [0.4, 0.5) is 0 Å². The van der Waals surface area contributed by atoms with E-state index in [0.717, 1.165) is 6.42 Å². The molecule has 0 N–H and O–H groups in total. The third-order valence-electron chi connectivity index (χ3n) is 4.14. The summed E-state index contributed by atoms with van der Waals surface area (Å²) in [6.07, 6.45) is 1.45. The van der Waals surface area contributed by atoms with E-state index in [1.807, 2.05) is 6.92 Å². The monoisotopic (exact) mass is 280 g/mol. The largest absolute Gasteiger partial charge is 0.462 e. The topological polar surface area (TPSA) is 69.7 Å². The van der Waals surface area contributed by atoms with Gasteiger partial charge in [-0.15, -0.1) is 0 Å². The van der Waals surface area contributed by atoms with E-state index in [9.17, 15) is 14.4 Å². The fourth-order valence-electron chi connectivity index (χ4n) is 3.20. The molecule has 1 aliphatic carbocycles. The van der Waals surface area contributed by atoms with Crippen molar-refractivity contribution in [1.82, 2.24) is 0 Å². The highest BCUT2D eigenvalue weighted by molar-refractivity contribution is 5.89. The van der Waals surface area contributed by atoms with Crippen molar-refractivity contribution >= 4 is 17.7 Å². The summed E-state index contributed by atoms with van der Waals surface area (Å²) in [5, 5.41) is 0. The standard InChI is InChI=1S/C15H20O5/c1-8(2)15(18)19-7-11(16)6-12-10-4-9(3)14(12)20-13(17)5-10/h9-10,12,14H,1,4-7H2,2-3H3. The quantitative estimate of drug-likeness (QED) is 0.566. The van der Waals surface area contributed by atoms with Gasteiger partial charge in [0.05, 0.1) is 0 Å². The Morgan fingerprint density at radius 1 is 1.45 bits per heavy atom. The average molecular weight is 280 g/mol. The fraction of sp³-hybridized carbons (Fsp3) is 0.667. The predicted molar refractivity (Wildman–Crippen MR) is 70.7 cm³/mol. The third kappa shape index (κ3) is 3.08. The van der Waals surface area contributed by atoms with Gasteiger partial charge in [0.2, 0.25) is 0 Å². The lowest BCUT2D eigenvalue weighted by molar-refractivity contribution is -0.161. The van der Waals surface area contributed by atoms with Crippen LogP contribution in [0.1, 0.15) is 33.1 Å². The number of hydrogen-bond acceptors (Lipinski definition) is 5. The Morgan fingerprint density at radius 2 is 2.15 bits per heavy atom. The second-order valence-corrected chi connectivity index (χ2v) is 5.89. The first-order valence-electron chi connectivity index (χ1n) is 6.92. The molecule has 0 aromatic heterocycles. The summed E-state index contributed by atoms with van der Waals surface area (Å²) >= 11 is 0. The first-order valence-corrected chi connectivity index (χ1v) is 6.92. The summed E-state index contributed by atoms with van der Waals surface area (Å²) in [4.78, 5) is 34.5. The van der Waals surface area contributed by atoms with Crippen molar-refractivity contribution in [3.05, 3.63) is 12.2 Å². The number of hydrogen-bond donors (Lipinski definition) is 0. The van der Waals surface area contributed by atoms with E-state index >= 15 is 0 Å². The van der Waals surface area contributed by atoms with Gasteiger partial charge < -0.3 is 9.47 Å². The molecule has 110 valence electrons. The smallest absolute Gasteiger partial charge is 0.333 e. The second-order valence-electron chi connectivity index (χ2n) is 5.89. The van der Waals surface area contributed by atoms with Crippen molar-refractivity contribution in [2.45, 2.75) is 39.2 Å². The predicted octanol–water partition coefficient (Wildman–Crippen LogP) is 1.65. The summed E-state index contributed by atoms with van der Waals surface area (Å²) < 4.78 is 10.2. The molecule has 0 radical (unpaired) electrons. The number of ether oxygens (including phenoxy) is 2. The van der Waals surface area contributed by atoms with Crippen LogP contribution < -0.4 is 0 Å². The first-order chi connectivity index (χ1) is 9.38. The van der Waals surface area contributed by atoms with E-state index in [0.29, 0.717) is 18.8 Å². The highest BCUT2D eigenvalue weighted by Crippen LogP contribution is 2.45. The lowest BCUT2D eigenvalue weighted by Gasteiger charge is -2.29. The van der Waals surface area contributed by atoms with Crippen LogP contribution in [0, 0.1) is 17.8 Å². The third-order valence-corrected chi connectivity index (χ3v) is 4.14. The average Bonchev–Trinajstić information content (AvgIpc) is 2.55. The van der Waals surface area contributed by atoms with Crippen molar-refractivity contribution in [2.75, 3.05) is 6.61 Å². The van der Waals surface area contributed by atoms with Crippen molar-refractivity contribution in [2.24, 2.45) is 17.8 Å². The van der Waals surface area contributed by atoms with Crippen molar-refractivity contribution in [3.63, 3.8) is 0 Å². The Balaban J connectivity index is 1.87. The maximum Gasteiger partial charge on any atom is 0.333 e. The molecule has 1 saturated carbocycles.